The summed E-state index contributed by atoms with van der Waals surface area (Å²) in [6, 6.07) is 7.93. The van der Waals surface area contributed by atoms with Crippen LogP contribution >= 0.6 is 0 Å². The lowest BCUT2D eigenvalue weighted by Crippen LogP contribution is -2.30. The van der Waals surface area contributed by atoms with Gasteiger partial charge in [-0.3, -0.25) is 0 Å². The molecule has 0 aliphatic carbocycles. The molecule has 1 saturated heterocycles. The number of nitrogens with zero attached hydrogens (tertiary/aromatic N) is 2. The van der Waals surface area contributed by atoms with Gasteiger partial charge in [0.2, 0.25) is 0 Å². The first-order valence-corrected chi connectivity index (χ1v) is 14.2. The van der Waals surface area contributed by atoms with Gasteiger partial charge in [-0.2, -0.15) is 0 Å². The van der Waals surface area contributed by atoms with Crippen molar-refractivity contribution in [3.8, 4) is 17.1 Å². The second-order valence-electron chi connectivity index (χ2n) is 8.79. The maximum atomic E-state index is 6.10. The fraction of sp³-hybridized carbons (Fsp3) is 0.565. The zero-order chi connectivity index (χ0) is 20.7. The summed E-state index contributed by atoms with van der Waals surface area (Å²) in [6.07, 6.45) is 10.4. The number of aromatic nitrogens is 2. The van der Waals surface area contributed by atoms with Crippen LogP contribution in [0.4, 0.5) is 0 Å². The van der Waals surface area contributed by atoms with Crippen molar-refractivity contribution in [2.75, 3.05) is 6.61 Å². The van der Waals surface area contributed by atoms with Gasteiger partial charge in [-0.15, -0.1) is 0 Å². The molecule has 1 aromatic carbocycles. The van der Waals surface area contributed by atoms with Crippen molar-refractivity contribution < 1.29 is 13.9 Å². The molecular weight excluding hydrogens is 380 g/mol. The predicted molar refractivity (Wildman–Crippen MR) is 119 cm³/mol. The molecule has 0 radical (unpaired) electrons. The summed E-state index contributed by atoms with van der Waals surface area (Å²) in [5, 5.41) is 0. The zero-order valence-corrected chi connectivity index (χ0v) is 19.2. The van der Waals surface area contributed by atoms with E-state index >= 15 is 0 Å². The van der Waals surface area contributed by atoms with Crippen molar-refractivity contribution in [2.45, 2.75) is 77.5 Å². The summed E-state index contributed by atoms with van der Waals surface area (Å²) >= 11 is 0. The lowest BCUT2D eigenvalue weighted by molar-refractivity contribution is -0.105. The first kappa shape index (κ1) is 21.9. The third kappa shape index (κ3) is 7.53. The molecule has 2 aromatic rings. The molecule has 1 aliphatic rings. The van der Waals surface area contributed by atoms with Crippen LogP contribution in [0.25, 0.3) is 11.4 Å². The first-order chi connectivity index (χ1) is 13.9. The third-order valence-electron chi connectivity index (χ3n) is 4.85. The van der Waals surface area contributed by atoms with Gasteiger partial charge in [-0.25, -0.2) is 9.97 Å². The van der Waals surface area contributed by atoms with Crippen LogP contribution in [0.3, 0.4) is 0 Å². The average Bonchev–Trinajstić information content (AvgIpc) is 2.69. The molecule has 29 heavy (non-hydrogen) atoms. The van der Waals surface area contributed by atoms with Crippen molar-refractivity contribution in [3.05, 3.63) is 42.2 Å². The highest BCUT2D eigenvalue weighted by Crippen LogP contribution is 2.23. The maximum absolute atomic E-state index is 6.10. The van der Waals surface area contributed by atoms with E-state index in [1.54, 1.807) is 0 Å². The van der Waals surface area contributed by atoms with Gasteiger partial charge in [-0.05, 0) is 88.5 Å². The van der Waals surface area contributed by atoms with Crippen LogP contribution in [0, 0.1) is 0 Å². The fourth-order valence-corrected chi connectivity index (χ4v) is 4.85. The van der Waals surface area contributed by atoms with E-state index in [2.05, 4.69) is 36.5 Å². The summed E-state index contributed by atoms with van der Waals surface area (Å²) in [7, 11) is -1.45. The lowest BCUT2D eigenvalue weighted by Gasteiger charge is -2.23. The van der Waals surface area contributed by atoms with Crippen molar-refractivity contribution in [2.24, 2.45) is 0 Å². The highest BCUT2D eigenvalue weighted by Gasteiger charge is 2.18. The lowest BCUT2D eigenvalue weighted by atomic mass is 10.1. The average molecular weight is 415 g/mol. The molecule has 2 atom stereocenters. The van der Waals surface area contributed by atoms with E-state index in [1.807, 2.05) is 36.7 Å². The van der Waals surface area contributed by atoms with Crippen LogP contribution < -0.4 is 4.74 Å². The van der Waals surface area contributed by atoms with Gasteiger partial charge in [0.05, 0.1) is 6.61 Å². The van der Waals surface area contributed by atoms with Gasteiger partial charge in [-0.1, -0.05) is 0 Å². The number of rotatable bonds is 9. The molecular formula is C23H34N2O3Si. The Morgan fingerprint density at radius 1 is 1.10 bits per heavy atom. The molecule has 158 valence electrons. The SMILES string of the molecule is CC(CCCc1cnc(-c2ccc(OC3CCCCO3)cc2)nc1)O[Si](C)(C)C. The minimum atomic E-state index is -1.45. The number of benzene rings is 1. The molecule has 3 rings (SSSR count). The van der Waals surface area contributed by atoms with Gasteiger partial charge < -0.3 is 13.9 Å². The molecule has 5 nitrogen and oxygen atoms in total. The number of hydrogen-bond acceptors (Lipinski definition) is 5. The smallest absolute Gasteiger partial charge is 0.199 e. The Morgan fingerprint density at radius 3 is 2.45 bits per heavy atom. The molecule has 2 heterocycles. The van der Waals surface area contributed by atoms with E-state index in [-0.39, 0.29) is 6.29 Å². The Balaban J connectivity index is 1.48. The molecule has 1 fully saturated rings. The molecule has 0 spiro atoms. The molecule has 0 saturated carbocycles. The maximum Gasteiger partial charge on any atom is 0.199 e. The van der Waals surface area contributed by atoms with Crippen molar-refractivity contribution in [1.82, 2.24) is 9.97 Å². The van der Waals surface area contributed by atoms with Gasteiger partial charge in [0, 0.05) is 30.5 Å². The van der Waals surface area contributed by atoms with E-state index in [9.17, 15) is 0 Å². The monoisotopic (exact) mass is 414 g/mol. The minimum Gasteiger partial charge on any atom is -0.465 e. The third-order valence-corrected chi connectivity index (χ3v) is 5.96. The second-order valence-corrected chi connectivity index (χ2v) is 13.2. The number of ether oxygens (including phenoxy) is 2. The van der Waals surface area contributed by atoms with E-state index in [0.29, 0.717) is 6.10 Å². The van der Waals surface area contributed by atoms with Crippen molar-refractivity contribution in [3.63, 3.8) is 0 Å². The first-order valence-electron chi connectivity index (χ1n) is 10.8. The molecule has 2 unspecified atom stereocenters. The van der Waals surface area contributed by atoms with E-state index < -0.39 is 8.32 Å². The summed E-state index contributed by atoms with van der Waals surface area (Å²) in [5.41, 5.74) is 2.16. The largest absolute Gasteiger partial charge is 0.465 e. The minimum absolute atomic E-state index is 0.121. The summed E-state index contributed by atoms with van der Waals surface area (Å²) < 4.78 is 17.6. The van der Waals surface area contributed by atoms with Crippen LogP contribution in [0.2, 0.25) is 19.6 Å². The number of aryl methyl sites for hydroxylation is 1. The van der Waals surface area contributed by atoms with Crippen LogP contribution in [0.15, 0.2) is 36.7 Å². The Bertz CT molecular complexity index is 738. The van der Waals surface area contributed by atoms with Gasteiger partial charge in [0.25, 0.3) is 0 Å². The Labute approximate surface area is 176 Å². The van der Waals surface area contributed by atoms with Crippen molar-refractivity contribution in [1.29, 1.82) is 0 Å². The van der Waals surface area contributed by atoms with Gasteiger partial charge >= 0.3 is 0 Å². The molecule has 1 aliphatic heterocycles. The summed E-state index contributed by atoms with van der Waals surface area (Å²) in [4.78, 5) is 9.10. The summed E-state index contributed by atoms with van der Waals surface area (Å²) in [5.74, 6) is 1.57. The van der Waals surface area contributed by atoms with Crippen LogP contribution in [-0.2, 0) is 15.6 Å². The highest BCUT2D eigenvalue weighted by molar-refractivity contribution is 6.69. The van der Waals surface area contributed by atoms with E-state index in [0.717, 1.165) is 62.3 Å². The van der Waals surface area contributed by atoms with E-state index in [1.165, 1.54) is 5.56 Å². The summed E-state index contributed by atoms with van der Waals surface area (Å²) in [6.45, 7) is 9.66. The molecule has 0 bridgehead atoms. The molecule has 6 heteroatoms. The second kappa shape index (κ2) is 10.3. The van der Waals surface area contributed by atoms with Gasteiger partial charge in [0.15, 0.2) is 20.4 Å². The Hall–Kier alpha value is -1.76. The molecule has 0 amide bonds. The Kier molecular flexibility index (Phi) is 7.81. The van der Waals surface area contributed by atoms with Gasteiger partial charge in [0.1, 0.15) is 5.75 Å². The molecule has 1 aromatic heterocycles. The fourth-order valence-electron chi connectivity index (χ4n) is 3.53. The van der Waals surface area contributed by atoms with E-state index in [4.69, 9.17) is 13.9 Å². The topological polar surface area (TPSA) is 53.5 Å². The zero-order valence-electron chi connectivity index (χ0n) is 18.2. The van der Waals surface area contributed by atoms with Crippen LogP contribution in [0.5, 0.6) is 5.75 Å². The quantitative estimate of drug-likeness (QED) is 0.499. The predicted octanol–water partition coefficient (Wildman–Crippen LogP) is 5.61. The normalized spacial score (nSPS) is 18.4. The number of hydrogen-bond donors (Lipinski definition) is 0. The molecule has 0 N–H and O–H groups in total. The standard InChI is InChI=1S/C23H34N2O3Si/c1-18(28-29(2,3)4)8-7-9-19-16-24-23(25-17-19)20-11-13-21(14-12-20)27-22-10-5-6-15-26-22/h11-14,16-18,22H,5-10,15H2,1-4H3. The van der Waals surface area contributed by atoms with Crippen LogP contribution in [-0.4, -0.2) is 37.3 Å². The highest BCUT2D eigenvalue weighted by atomic mass is 28.4. The van der Waals surface area contributed by atoms with Crippen molar-refractivity contribution >= 4 is 8.32 Å². The Morgan fingerprint density at radius 2 is 1.83 bits per heavy atom. The van der Waals surface area contributed by atoms with Crippen LogP contribution in [0.1, 0.15) is 44.6 Å².